The molecule has 0 atom stereocenters. The molecule has 1 aromatic rings. The molecule has 7 nitrogen and oxygen atoms in total. The lowest BCUT2D eigenvalue weighted by molar-refractivity contribution is -0.139. The number of hydrogen-bond donors (Lipinski definition) is 2. The molecule has 0 radical (unpaired) electrons. The van der Waals surface area contributed by atoms with Crippen molar-refractivity contribution in [3.63, 3.8) is 0 Å². The van der Waals surface area contributed by atoms with Gasteiger partial charge in [0.2, 0.25) is 5.91 Å². The van der Waals surface area contributed by atoms with Gasteiger partial charge in [-0.2, -0.15) is 0 Å². The molecule has 1 aromatic carbocycles. The van der Waals surface area contributed by atoms with Crippen LogP contribution in [-0.2, 0) is 9.59 Å². The monoisotopic (exact) mass is 373 g/mol. The standard InChI is InChI=1S/C20H27N3O4/c1-3-23(4-2)19(26)20(10-6-5-7-11-20)22-18(25)14-8-9-16-15(12-14)21-17(24)13-27-16/h8-9,12H,3-7,10-11,13H2,1-2H3,(H,21,24)(H,22,25). The summed E-state index contributed by atoms with van der Waals surface area (Å²) in [5, 5.41) is 5.74. The summed E-state index contributed by atoms with van der Waals surface area (Å²) in [6.07, 6.45) is 4.21. The number of hydrogen-bond acceptors (Lipinski definition) is 4. The van der Waals surface area contributed by atoms with Crippen LogP contribution in [0.15, 0.2) is 18.2 Å². The van der Waals surface area contributed by atoms with E-state index >= 15 is 0 Å². The normalized spacial score (nSPS) is 17.9. The maximum absolute atomic E-state index is 13.2. The smallest absolute Gasteiger partial charge is 0.262 e. The maximum atomic E-state index is 13.2. The molecule has 0 spiro atoms. The van der Waals surface area contributed by atoms with Crippen LogP contribution in [-0.4, -0.2) is 47.9 Å². The topological polar surface area (TPSA) is 87.7 Å². The number of carbonyl (C=O) groups is 3. The van der Waals surface area contributed by atoms with Crippen molar-refractivity contribution in [2.45, 2.75) is 51.5 Å². The van der Waals surface area contributed by atoms with Crippen molar-refractivity contribution in [3.05, 3.63) is 23.8 Å². The number of benzene rings is 1. The first-order chi connectivity index (χ1) is 13.0. The van der Waals surface area contributed by atoms with Gasteiger partial charge in [0.05, 0.1) is 5.69 Å². The van der Waals surface area contributed by atoms with E-state index in [1.807, 2.05) is 13.8 Å². The molecule has 2 aliphatic rings. The van der Waals surface area contributed by atoms with Crippen LogP contribution in [0.4, 0.5) is 5.69 Å². The van der Waals surface area contributed by atoms with E-state index in [9.17, 15) is 14.4 Å². The minimum absolute atomic E-state index is 0.00449. The molecule has 1 saturated carbocycles. The fraction of sp³-hybridized carbons (Fsp3) is 0.550. The van der Waals surface area contributed by atoms with Crippen molar-refractivity contribution < 1.29 is 19.1 Å². The van der Waals surface area contributed by atoms with E-state index in [0.717, 1.165) is 19.3 Å². The Morgan fingerprint density at radius 2 is 1.89 bits per heavy atom. The fourth-order valence-corrected chi connectivity index (χ4v) is 3.87. The van der Waals surface area contributed by atoms with E-state index in [2.05, 4.69) is 10.6 Å². The summed E-state index contributed by atoms with van der Waals surface area (Å²) in [7, 11) is 0. The largest absolute Gasteiger partial charge is 0.482 e. The Hall–Kier alpha value is -2.57. The number of likely N-dealkylation sites (N-methyl/N-ethyl adjacent to an activating group) is 1. The lowest BCUT2D eigenvalue weighted by Gasteiger charge is -2.40. The minimum Gasteiger partial charge on any atom is -0.482 e. The number of carbonyl (C=O) groups excluding carboxylic acids is 3. The number of anilines is 1. The maximum Gasteiger partial charge on any atom is 0.262 e. The van der Waals surface area contributed by atoms with Gasteiger partial charge in [-0.3, -0.25) is 14.4 Å². The SMILES string of the molecule is CCN(CC)C(=O)C1(NC(=O)c2ccc3c(c2)NC(=O)CO3)CCCCC1. The van der Waals surface area contributed by atoms with Gasteiger partial charge in [-0.15, -0.1) is 0 Å². The Bertz CT molecular complexity index is 737. The first kappa shape index (κ1) is 19.2. The second kappa shape index (κ2) is 7.98. The van der Waals surface area contributed by atoms with Crippen LogP contribution in [0.25, 0.3) is 0 Å². The molecule has 3 rings (SSSR count). The van der Waals surface area contributed by atoms with E-state index in [-0.39, 0.29) is 24.3 Å². The highest BCUT2D eigenvalue weighted by molar-refractivity contribution is 6.02. The third kappa shape index (κ3) is 3.91. The van der Waals surface area contributed by atoms with Crippen LogP contribution >= 0.6 is 0 Å². The van der Waals surface area contributed by atoms with Gasteiger partial charge in [-0.1, -0.05) is 19.3 Å². The molecular formula is C20H27N3O4. The van der Waals surface area contributed by atoms with Crippen molar-refractivity contribution >= 4 is 23.4 Å². The lowest BCUT2D eigenvalue weighted by Crippen LogP contribution is -2.60. The lowest BCUT2D eigenvalue weighted by atomic mass is 9.80. The number of nitrogens with one attached hydrogen (secondary N) is 2. The van der Waals surface area contributed by atoms with Gasteiger partial charge in [-0.05, 0) is 44.9 Å². The Morgan fingerprint density at radius 3 is 2.56 bits per heavy atom. The predicted octanol–water partition coefficient (Wildman–Crippen LogP) is 2.32. The highest BCUT2D eigenvalue weighted by Gasteiger charge is 2.42. The zero-order valence-electron chi connectivity index (χ0n) is 16.0. The number of fused-ring (bicyclic) bond motifs is 1. The number of ether oxygens (including phenoxy) is 1. The van der Waals surface area contributed by atoms with Crippen LogP contribution in [0.1, 0.15) is 56.3 Å². The third-order valence-electron chi connectivity index (χ3n) is 5.39. The van der Waals surface area contributed by atoms with Crippen LogP contribution in [0.3, 0.4) is 0 Å². The molecule has 0 saturated heterocycles. The molecule has 1 fully saturated rings. The molecule has 146 valence electrons. The van der Waals surface area contributed by atoms with Crippen molar-refractivity contribution in [1.29, 1.82) is 0 Å². The van der Waals surface area contributed by atoms with E-state index in [1.165, 1.54) is 0 Å². The van der Waals surface area contributed by atoms with Gasteiger partial charge in [0.25, 0.3) is 11.8 Å². The van der Waals surface area contributed by atoms with Gasteiger partial charge < -0.3 is 20.3 Å². The zero-order chi connectivity index (χ0) is 19.4. The van der Waals surface area contributed by atoms with Crippen molar-refractivity contribution in [2.75, 3.05) is 25.0 Å². The van der Waals surface area contributed by atoms with Gasteiger partial charge in [0.15, 0.2) is 6.61 Å². The summed E-state index contributed by atoms with van der Waals surface area (Å²) in [6, 6.07) is 4.92. The number of amides is 3. The molecule has 1 aliphatic heterocycles. The van der Waals surface area contributed by atoms with Gasteiger partial charge in [0.1, 0.15) is 11.3 Å². The van der Waals surface area contributed by atoms with Crippen LogP contribution < -0.4 is 15.4 Å². The Kier molecular flexibility index (Phi) is 5.68. The quantitative estimate of drug-likeness (QED) is 0.829. The zero-order valence-corrected chi connectivity index (χ0v) is 16.0. The Labute approximate surface area is 159 Å². The van der Waals surface area contributed by atoms with E-state index in [0.29, 0.717) is 42.9 Å². The number of nitrogens with zero attached hydrogens (tertiary/aromatic N) is 1. The second-order valence-corrected chi connectivity index (χ2v) is 7.12. The van der Waals surface area contributed by atoms with Crippen LogP contribution in [0.2, 0.25) is 0 Å². The van der Waals surface area contributed by atoms with E-state index in [4.69, 9.17) is 4.74 Å². The third-order valence-corrected chi connectivity index (χ3v) is 5.39. The summed E-state index contributed by atoms with van der Waals surface area (Å²) < 4.78 is 5.33. The summed E-state index contributed by atoms with van der Waals surface area (Å²) in [6.45, 7) is 5.11. The molecule has 0 aromatic heterocycles. The molecule has 0 unspecified atom stereocenters. The molecule has 0 bridgehead atoms. The summed E-state index contributed by atoms with van der Waals surface area (Å²) >= 11 is 0. The number of rotatable bonds is 5. The van der Waals surface area contributed by atoms with Gasteiger partial charge >= 0.3 is 0 Å². The molecule has 1 aliphatic carbocycles. The average Bonchev–Trinajstić information content (AvgIpc) is 2.68. The van der Waals surface area contributed by atoms with Gasteiger partial charge in [0, 0.05) is 18.7 Å². The molecule has 1 heterocycles. The second-order valence-electron chi connectivity index (χ2n) is 7.12. The van der Waals surface area contributed by atoms with Crippen molar-refractivity contribution in [1.82, 2.24) is 10.2 Å². The molecule has 2 N–H and O–H groups in total. The first-order valence-electron chi connectivity index (χ1n) is 9.67. The minimum atomic E-state index is -0.850. The highest BCUT2D eigenvalue weighted by Crippen LogP contribution is 2.32. The van der Waals surface area contributed by atoms with Crippen LogP contribution in [0, 0.1) is 0 Å². The Morgan fingerprint density at radius 1 is 1.19 bits per heavy atom. The molecule has 3 amide bonds. The molecule has 7 heteroatoms. The molecular weight excluding hydrogens is 346 g/mol. The van der Waals surface area contributed by atoms with Crippen molar-refractivity contribution in [2.24, 2.45) is 0 Å². The van der Waals surface area contributed by atoms with Gasteiger partial charge in [-0.25, -0.2) is 0 Å². The van der Waals surface area contributed by atoms with Crippen molar-refractivity contribution in [3.8, 4) is 5.75 Å². The summed E-state index contributed by atoms with van der Waals surface area (Å²) in [5.41, 5.74) is 0.0281. The van der Waals surface area contributed by atoms with E-state index < -0.39 is 5.54 Å². The van der Waals surface area contributed by atoms with E-state index in [1.54, 1.807) is 23.1 Å². The average molecular weight is 373 g/mol. The summed E-state index contributed by atoms with van der Waals surface area (Å²) in [4.78, 5) is 39.4. The summed E-state index contributed by atoms with van der Waals surface area (Å²) in [5.74, 6) is -0.0200. The first-order valence-corrected chi connectivity index (χ1v) is 9.67. The predicted molar refractivity (Wildman–Crippen MR) is 102 cm³/mol. The molecule has 27 heavy (non-hydrogen) atoms. The highest BCUT2D eigenvalue weighted by atomic mass is 16.5. The fourth-order valence-electron chi connectivity index (χ4n) is 3.87. The Balaban J connectivity index is 1.83. The van der Waals surface area contributed by atoms with Crippen LogP contribution in [0.5, 0.6) is 5.75 Å².